The van der Waals surface area contributed by atoms with Gasteiger partial charge in [0.2, 0.25) is 5.91 Å². The van der Waals surface area contributed by atoms with E-state index in [0.29, 0.717) is 12.8 Å². The molecule has 2 amide bonds. The van der Waals surface area contributed by atoms with E-state index in [-0.39, 0.29) is 46.9 Å². The van der Waals surface area contributed by atoms with Crippen molar-refractivity contribution in [1.82, 2.24) is 4.90 Å². The molecule has 0 radical (unpaired) electrons. The Labute approximate surface area is 245 Å². The zero-order valence-corrected chi connectivity index (χ0v) is 25.5. The Morgan fingerprint density at radius 2 is 1.49 bits per heavy atom. The van der Waals surface area contributed by atoms with Crippen LogP contribution in [0.1, 0.15) is 52.5 Å². The Morgan fingerprint density at radius 1 is 0.927 bits per heavy atom. The van der Waals surface area contributed by atoms with Gasteiger partial charge in [-0.3, -0.25) is 4.79 Å². The minimum absolute atomic E-state index is 0.0495. The van der Waals surface area contributed by atoms with E-state index in [1.165, 1.54) is 15.3 Å². The lowest BCUT2D eigenvalue weighted by atomic mass is 9.88. The summed E-state index contributed by atoms with van der Waals surface area (Å²) in [6.07, 6.45) is 2.31. The number of amides is 2. The van der Waals surface area contributed by atoms with Crippen molar-refractivity contribution in [2.45, 2.75) is 76.7 Å². The lowest BCUT2D eigenvalue weighted by Crippen LogP contribution is -2.68. The number of nitrogens with zero attached hydrogens (tertiary/aromatic N) is 1. The summed E-state index contributed by atoms with van der Waals surface area (Å²) in [5, 5.41) is 2.36. The first-order valence-corrected chi connectivity index (χ1v) is 17.0. The molecule has 0 unspecified atom stereocenters. The minimum atomic E-state index is -2.77. The van der Waals surface area contributed by atoms with Crippen molar-refractivity contribution >= 4 is 30.7 Å². The Kier molecular flexibility index (Phi) is 7.41. The Morgan fingerprint density at radius 3 is 2.02 bits per heavy atom. The number of hydrogen-bond acceptors (Lipinski definition) is 4. The molecule has 6 atom stereocenters. The molecule has 1 aliphatic heterocycles. The summed E-state index contributed by atoms with van der Waals surface area (Å²) in [6.45, 7) is 8.91. The van der Waals surface area contributed by atoms with Gasteiger partial charge in [0.1, 0.15) is 6.10 Å². The van der Waals surface area contributed by atoms with Gasteiger partial charge in [-0.1, -0.05) is 119 Å². The molecule has 3 aliphatic rings. The number of carbonyl (C=O) groups excluding carboxylic acids is 2. The molecule has 0 aromatic heterocycles. The van der Waals surface area contributed by atoms with E-state index in [0.717, 1.165) is 18.4 Å². The fourth-order valence-corrected chi connectivity index (χ4v) is 12.6. The molecule has 0 N–H and O–H groups in total. The predicted molar refractivity (Wildman–Crippen MR) is 164 cm³/mol. The van der Waals surface area contributed by atoms with Crippen molar-refractivity contribution < 1.29 is 18.8 Å². The molecule has 3 aromatic carbocycles. The summed E-state index contributed by atoms with van der Waals surface area (Å²) in [6, 6.07) is 31.2. The number of fused-ring (bicyclic) bond motifs is 5. The third-order valence-corrected chi connectivity index (χ3v) is 14.8. The molecule has 1 saturated heterocycles. The van der Waals surface area contributed by atoms with E-state index in [2.05, 4.69) is 81.4 Å². The van der Waals surface area contributed by atoms with Crippen LogP contribution in [0.5, 0.6) is 0 Å². The fourth-order valence-electron chi connectivity index (χ4n) is 7.81. The van der Waals surface area contributed by atoms with Crippen molar-refractivity contribution in [3.05, 3.63) is 96.6 Å². The van der Waals surface area contributed by atoms with E-state index in [4.69, 9.17) is 9.16 Å². The normalized spacial score (nSPS) is 26.1. The fraction of sp³-hybridized carbons (Fsp3) is 0.429. The van der Waals surface area contributed by atoms with E-state index < -0.39 is 14.4 Å². The summed E-state index contributed by atoms with van der Waals surface area (Å²) >= 11 is 0. The summed E-state index contributed by atoms with van der Waals surface area (Å²) in [4.78, 5) is 28.8. The van der Waals surface area contributed by atoms with Crippen LogP contribution < -0.4 is 10.4 Å². The van der Waals surface area contributed by atoms with Crippen molar-refractivity contribution in [2.24, 2.45) is 17.8 Å². The third-order valence-electron chi connectivity index (χ3n) is 9.71. The Balaban J connectivity index is 1.33. The first kappa shape index (κ1) is 27.9. The highest BCUT2D eigenvalue weighted by Gasteiger charge is 2.65. The van der Waals surface area contributed by atoms with Gasteiger partial charge in [0.15, 0.2) is 0 Å². The highest BCUT2D eigenvalue weighted by molar-refractivity contribution is 6.99. The molecule has 0 spiro atoms. The lowest BCUT2D eigenvalue weighted by molar-refractivity contribution is -0.134. The topological polar surface area (TPSA) is 55.8 Å². The van der Waals surface area contributed by atoms with Gasteiger partial charge in [-0.15, -0.1) is 0 Å². The van der Waals surface area contributed by atoms with Crippen LogP contribution >= 0.6 is 0 Å². The molecule has 1 heterocycles. The average Bonchev–Trinajstić information content (AvgIpc) is 3.65. The zero-order chi connectivity index (χ0) is 28.8. The van der Waals surface area contributed by atoms with Gasteiger partial charge >= 0.3 is 6.09 Å². The van der Waals surface area contributed by atoms with Crippen molar-refractivity contribution in [3.8, 4) is 0 Å². The molecule has 214 valence electrons. The number of carbonyl (C=O) groups is 2. The molecule has 2 bridgehead atoms. The van der Waals surface area contributed by atoms with Gasteiger partial charge < -0.3 is 9.16 Å². The van der Waals surface area contributed by atoms with Gasteiger partial charge in [0.05, 0.1) is 12.1 Å². The van der Waals surface area contributed by atoms with Crippen LogP contribution in [-0.4, -0.2) is 43.5 Å². The maximum atomic E-state index is 14.0. The van der Waals surface area contributed by atoms with Crippen molar-refractivity contribution in [2.75, 3.05) is 0 Å². The van der Waals surface area contributed by atoms with Crippen molar-refractivity contribution in [3.63, 3.8) is 0 Å². The highest BCUT2D eigenvalue weighted by Crippen LogP contribution is 2.54. The van der Waals surface area contributed by atoms with Crippen LogP contribution in [0.4, 0.5) is 4.79 Å². The maximum absolute atomic E-state index is 14.0. The average molecular weight is 568 g/mol. The van der Waals surface area contributed by atoms with Gasteiger partial charge in [-0.2, -0.15) is 0 Å². The second-order valence-corrected chi connectivity index (χ2v) is 17.3. The number of hydrogen-bond donors (Lipinski definition) is 0. The second kappa shape index (κ2) is 10.9. The zero-order valence-electron chi connectivity index (χ0n) is 24.5. The molecule has 5 nitrogen and oxygen atoms in total. The predicted octanol–water partition coefficient (Wildman–Crippen LogP) is 5.96. The molecule has 3 fully saturated rings. The minimum Gasteiger partial charge on any atom is -0.443 e. The molecule has 6 heteroatoms. The largest absolute Gasteiger partial charge is 0.443 e. The van der Waals surface area contributed by atoms with Gasteiger partial charge in [0.25, 0.3) is 8.32 Å². The number of rotatable bonds is 8. The third kappa shape index (κ3) is 4.75. The highest BCUT2D eigenvalue weighted by atomic mass is 28.4. The first-order chi connectivity index (χ1) is 19.7. The standard InChI is InChI=1S/C35H41NO4Si/c1-5-25(21-24-15-9-6-10-16-24)33(37)36-31-29-22-26(32(31)39-34(36)38)23-30(29)40-41(35(2,3)4,27-17-11-7-12-18-27)28-19-13-8-14-20-28/h6-20,25-26,29-32H,5,21-23H2,1-4H3/t25-,26+,29-,30+,31+,32-/m1/s1. The summed E-state index contributed by atoms with van der Waals surface area (Å²) < 4.78 is 13.5. The molecule has 41 heavy (non-hydrogen) atoms. The SMILES string of the molecule is CC[C@H](Cc1ccccc1)C(=O)N1C(=O)O[C@@H]2[C@H]3C[C@@H]([C@@H]21)[C@@H](O[Si](c1ccccc1)(c1ccccc1)C(C)(C)C)C3. The second-order valence-electron chi connectivity index (χ2n) is 13.1. The van der Waals surface area contributed by atoms with Gasteiger partial charge in [-0.05, 0) is 46.7 Å². The molecular formula is C35H41NO4Si. The molecular weight excluding hydrogens is 526 g/mol. The maximum Gasteiger partial charge on any atom is 0.417 e. The summed E-state index contributed by atoms with van der Waals surface area (Å²) in [5.41, 5.74) is 1.11. The quantitative estimate of drug-likeness (QED) is 0.316. The van der Waals surface area contributed by atoms with Crippen LogP contribution in [-0.2, 0) is 20.4 Å². The van der Waals surface area contributed by atoms with Crippen LogP contribution in [0.15, 0.2) is 91.0 Å². The number of imide groups is 1. The monoisotopic (exact) mass is 567 g/mol. The molecule has 2 aliphatic carbocycles. The van der Waals surface area contributed by atoms with E-state index >= 15 is 0 Å². The van der Waals surface area contributed by atoms with Crippen LogP contribution in [0.2, 0.25) is 5.04 Å². The van der Waals surface area contributed by atoms with E-state index in [9.17, 15) is 9.59 Å². The van der Waals surface area contributed by atoms with Crippen LogP contribution in [0, 0.1) is 17.8 Å². The first-order valence-electron chi connectivity index (χ1n) is 15.1. The Hall–Kier alpha value is -3.22. The molecule has 6 rings (SSSR count). The van der Waals surface area contributed by atoms with Crippen molar-refractivity contribution in [1.29, 1.82) is 0 Å². The van der Waals surface area contributed by atoms with Gasteiger partial charge in [0, 0.05) is 17.8 Å². The summed E-state index contributed by atoms with van der Waals surface area (Å²) in [5.74, 6) is -0.0927. The molecule has 3 aromatic rings. The molecule has 2 saturated carbocycles. The van der Waals surface area contributed by atoms with E-state index in [1.54, 1.807) is 0 Å². The van der Waals surface area contributed by atoms with Crippen LogP contribution in [0.25, 0.3) is 0 Å². The van der Waals surface area contributed by atoms with Crippen LogP contribution in [0.3, 0.4) is 0 Å². The summed E-state index contributed by atoms with van der Waals surface area (Å²) in [7, 11) is -2.77. The number of benzene rings is 3. The lowest BCUT2D eigenvalue weighted by Gasteiger charge is -2.47. The van der Waals surface area contributed by atoms with E-state index in [1.807, 2.05) is 37.3 Å². The number of ether oxygens (including phenoxy) is 1. The van der Waals surface area contributed by atoms with Gasteiger partial charge in [-0.25, -0.2) is 9.69 Å². The Bertz CT molecular complexity index is 1330. The smallest absolute Gasteiger partial charge is 0.417 e.